The van der Waals surface area contributed by atoms with Gasteiger partial charge in [-0.15, -0.1) is 0 Å². The summed E-state index contributed by atoms with van der Waals surface area (Å²) in [6, 6.07) is 12.7. The van der Waals surface area contributed by atoms with Crippen molar-refractivity contribution in [1.29, 1.82) is 0 Å². The number of nitrogens with two attached hydrogens (primary N) is 1. The number of methoxy groups -OCH3 is 2. The number of amides is 1. The molecule has 0 bridgehead atoms. The van der Waals surface area contributed by atoms with Gasteiger partial charge in [-0.25, -0.2) is 0 Å². The number of ether oxygens (including phenoxy) is 2. The molecule has 4 rings (SSSR count). The van der Waals surface area contributed by atoms with Crippen molar-refractivity contribution < 1.29 is 19.1 Å². The number of carbonyl (C=O) groups is 2. The number of hydrogen-bond acceptors (Lipinski definition) is 5. The van der Waals surface area contributed by atoms with Crippen molar-refractivity contribution in [3.05, 3.63) is 53.6 Å². The van der Waals surface area contributed by atoms with E-state index in [9.17, 15) is 9.59 Å². The summed E-state index contributed by atoms with van der Waals surface area (Å²) in [5.41, 5.74) is 9.01. The lowest BCUT2D eigenvalue weighted by atomic mass is 9.98. The highest BCUT2D eigenvalue weighted by Crippen LogP contribution is 2.61. The zero-order chi connectivity index (χ0) is 19.2. The van der Waals surface area contributed by atoms with Gasteiger partial charge in [0, 0.05) is 5.69 Å². The van der Waals surface area contributed by atoms with Crippen molar-refractivity contribution in [2.45, 2.75) is 30.7 Å². The Morgan fingerprint density at radius 2 is 1.89 bits per heavy atom. The summed E-state index contributed by atoms with van der Waals surface area (Å²) in [6.45, 7) is 0. The molecule has 1 spiro atoms. The van der Waals surface area contributed by atoms with Gasteiger partial charge in [0.15, 0.2) is 0 Å². The predicted molar refractivity (Wildman–Crippen MR) is 101 cm³/mol. The number of carbonyl (C=O) groups excluding carboxylic acids is 2. The zero-order valence-electron chi connectivity index (χ0n) is 15.4. The molecule has 6 heteroatoms. The normalized spacial score (nSPS) is 17.6. The van der Waals surface area contributed by atoms with Crippen LogP contribution >= 0.6 is 0 Å². The summed E-state index contributed by atoms with van der Waals surface area (Å²) in [5.74, 6) is 0.352. The molecule has 2 aliphatic rings. The van der Waals surface area contributed by atoms with E-state index in [1.54, 1.807) is 12.0 Å². The molecule has 140 valence electrons. The molecule has 0 aromatic heterocycles. The number of esters is 1. The smallest absolute Gasteiger partial charge is 0.322 e. The van der Waals surface area contributed by atoms with Crippen LogP contribution in [-0.4, -0.2) is 32.1 Å². The number of benzene rings is 2. The van der Waals surface area contributed by atoms with Crippen LogP contribution in [0, 0.1) is 0 Å². The van der Waals surface area contributed by atoms with E-state index in [1.165, 1.54) is 7.11 Å². The zero-order valence-corrected chi connectivity index (χ0v) is 15.4. The fourth-order valence-corrected chi connectivity index (χ4v) is 3.86. The topological polar surface area (TPSA) is 81.9 Å². The molecule has 0 unspecified atom stereocenters. The molecule has 1 atom stereocenters. The second-order valence-electron chi connectivity index (χ2n) is 7.08. The van der Waals surface area contributed by atoms with Crippen molar-refractivity contribution in [1.82, 2.24) is 0 Å². The minimum absolute atomic E-state index is 0.0982. The maximum atomic E-state index is 13.2. The SMILES string of the molecule is COC(=O)[C@@H](N)Cc1ccc(N2C(=O)C3(CC3)c3cccc(OC)c32)cc1. The van der Waals surface area contributed by atoms with Crippen LogP contribution in [0.5, 0.6) is 5.75 Å². The van der Waals surface area contributed by atoms with E-state index in [4.69, 9.17) is 10.5 Å². The fraction of sp³-hybridized carbons (Fsp3) is 0.333. The third-order valence-corrected chi connectivity index (χ3v) is 5.47. The Hall–Kier alpha value is -2.86. The van der Waals surface area contributed by atoms with Crippen molar-refractivity contribution in [2.75, 3.05) is 19.1 Å². The van der Waals surface area contributed by atoms with E-state index in [-0.39, 0.29) is 5.91 Å². The Kier molecular flexibility index (Phi) is 4.15. The van der Waals surface area contributed by atoms with Gasteiger partial charge in [-0.3, -0.25) is 14.5 Å². The molecular weight excluding hydrogens is 344 g/mol. The standard InChI is InChI=1S/C21H22N2O4/c1-26-17-5-3-4-15-18(17)23(20(25)21(15)10-11-21)14-8-6-13(7-9-14)12-16(22)19(24)27-2/h3-9,16H,10-12,22H2,1-2H3/t16-/m0/s1. The van der Waals surface area contributed by atoms with Crippen LogP contribution in [-0.2, 0) is 26.2 Å². The van der Waals surface area contributed by atoms with Crippen LogP contribution in [0.15, 0.2) is 42.5 Å². The number of fused-ring (bicyclic) bond motifs is 2. The molecule has 2 aromatic rings. The van der Waals surface area contributed by atoms with Crippen LogP contribution in [0.25, 0.3) is 0 Å². The van der Waals surface area contributed by atoms with E-state index in [0.717, 1.165) is 35.3 Å². The molecule has 6 nitrogen and oxygen atoms in total. The van der Waals surface area contributed by atoms with E-state index in [0.29, 0.717) is 12.2 Å². The molecule has 1 fully saturated rings. The van der Waals surface area contributed by atoms with Gasteiger partial charge in [0.2, 0.25) is 5.91 Å². The first-order chi connectivity index (χ1) is 13.0. The second kappa shape index (κ2) is 6.39. The average molecular weight is 366 g/mol. The van der Waals surface area contributed by atoms with Crippen molar-refractivity contribution in [3.8, 4) is 5.75 Å². The maximum absolute atomic E-state index is 13.2. The molecular formula is C21H22N2O4. The summed E-state index contributed by atoms with van der Waals surface area (Å²) in [6.07, 6.45) is 2.12. The second-order valence-corrected chi connectivity index (χ2v) is 7.08. The molecule has 1 aliphatic carbocycles. The quantitative estimate of drug-likeness (QED) is 0.822. The molecule has 0 radical (unpaired) electrons. The van der Waals surface area contributed by atoms with Crippen molar-refractivity contribution in [3.63, 3.8) is 0 Å². The number of hydrogen-bond donors (Lipinski definition) is 1. The summed E-state index contributed by atoms with van der Waals surface area (Å²) in [5, 5.41) is 0. The van der Waals surface area contributed by atoms with E-state index in [1.807, 2.05) is 42.5 Å². The minimum atomic E-state index is -0.704. The third kappa shape index (κ3) is 2.68. The van der Waals surface area contributed by atoms with E-state index < -0.39 is 17.4 Å². The Bertz CT molecular complexity index is 903. The molecule has 0 saturated heterocycles. The van der Waals surface area contributed by atoms with Gasteiger partial charge in [-0.2, -0.15) is 0 Å². The van der Waals surface area contributed by atoms with Crippen LogP contribution in [0.1, 0.15) is 24.0 Å². The first kappa shape index (κ1) is 17.5. The molecule has 2 N–H and O–H groups in total. The Morgan fingerprint density at radius 1 is 1.19 bits per heavy atom. The van der Waals surface area contributed by atoms with E-state index >= 15 is 0 Å². The summed E-state index contributed by atoms with van der Waals surface area (Å²) in [4.78, 5) is 26.5. The summed E-state index contributed by atoms with van der Waals surface area (Å²) >= 11 is 0. The number of rotatable bonds is 5. The van der Waals surface area contributed by atoms with Crippen LogP contribution in [0.3, 0.4) is 0 Å². The van der Waals surface area contributed by atoms with Gasteiger partial charge < -0.3 is 15.2 Å². The van der Waals surface area contributed by atoms with Gasteiger partial charge in [-0.1, -0.05) is 24.3 Å². The van der Waals surface area contributed by atoms with Gasteiger partial charge in [-0.05, 0) is 48.6 Å². The molecule has 1 heterocycles. The number of para-hydroxylation sites is 1. The van der Waals surface area contributed by atoms with Crippen molar-refractivity contribution >= 4 is 23.3 Å². The first-order valence-electron chi connectivity index (χ1n) is 8.96. The molecule has 1 saturated carbocycles. The van der Waals surface area contributed by atoms with Crippen LogP contribution < -0.4 is 15.4 Å². The lowest BCUT2D eigenvalue weighted by Gasteiger charge is -2.20. The maximum Gasteiger partial charge on any atom is 0.322 e. The minimum Gasteiger partial charge on any atom is -0.495 e. The Morgan fingerprint density at radius 3 is 2.48 bits per heavy atom. The highest BCUT2D eigenvalue weighted by atomic mass is 16.5. The summed E-state index contributed by atoms with van der Waals surface area (Å²) < 4.78 is 10.2. The largest absolute Gasteiger partial charge is 0.495 e. The number of nitrogens with zero attached hydrogens (tertiary/aromatic N) is 1. The monoisotopic (exact) mass is 366 g/mol. The summed E-state index contributed by atoms with van der Waals surface area (Å²) in [7, 11) is 2.94. The average Bonchev–Trinajstić information content (AvgIpc) is 3.46. The van der Waals surface area contributed by atoms with Crippen LogP contribution in [0.2, 0.25) is 0 Å². The molecule has 1 amide bonds. The van der Waals surface area contributed by atoms with Gasteiger partial charge in [0.25, 0.3) is 0 Å². The van der Waals surface area contributed by atoms with Gasteiger partial charge in [0.1, 0.15) is 11.8 Å². The van der Waals surface area contributed by atoms with Crippen molar-refractivity contribution in [2.24, 2.45) is 5.73 Å². The Balaban J connectivity index is 1.67. The van der Waals surface area contributed by atoms with Gasteiger partial charge in [0.05, 0.1) is 25.3 Å². The highest BCUT2D eigenvalue weighted by Gasteiger charge is 2.60. The lowest BCUT2D eigenvalue weighted by Crippen LogP contribution is -2.33. The molecule has 27 heavy (non-hydrogen) atoms. The van der Waals surface area contributed by atoms with E-state index in [2.05, 4.69) is 4.74 Å². The highest BCUT2D eigenvalue weighted by molar-refractivity contribution is 6.15. The number of anilines is 2. The fourth-order valence-electron chi connectivity index (χ4n) is 3.86. The first-order valence-corrected chi connectivity index (χ1v) is 8.96. The third-order valence-electron chi connectivity index (χ3n) is 5.47. The van der Waals surface area contributed by atoms with Crippen LogP contribution in [0.4, 0.5) is 11.4 Å². The Labute approximate surface area is 157 Å². The van der Waals surface area contributed by atoms with Gasteiger partial charge >= 0.3 is 5.97 Å². The molecule has 1 aliphatic heterocycles. The molecule has 2 aromatic carbocycles. The predicted octanol–water partition coefficient (Wildman–Crippen LogP) is 2.45. The lowest BCUT2D eigenvalue weighted by molar-refractivity contribution is -0.142.